The molecule has 0 amide bonds. The molecule has 0 saturated carbocycles. The normalized spacial score (nSPS) is 14.6. The fourth-order valence-corrected chi connectivity index (χ4v) is 7.81. The van der Waals surface area contributed by atoms with Crippen LogP contribution in [0.1, 0.15) is 51.4 Å². The Morgan fingerprint density at radius 3 is 1.29 bits per heavy atom. The molecule has 0 aliphatic carbocycles. The van der Waals surface area contributed by atoms with E-state index < -0.39 is 53.3 Å². The van der Waals surface area contributed by atoms with Crippen LogP contribution in [0.15, 0.2) is 0 Å². The number of alkyl halides is 9. The van der Waals surface area contributed by atoms with Gasteiger partial charge in [-0.25, -0.2) is 0 Å². The fourth-order valence-electron chi connectivity index (χ4n) is 3.57. The van der Waals surface area contributed by atoms with E-state index in [0.29, 0.717) is 18.5 Å². The zero-order valence-electron chi connectivity index (χ0n) is 20.4. The average molecular weight is 553 g/mol. The second-order valence-corrected chi connectivity index (χ2v) is 17.7. The van der Waals surface area contributed by atoms with Crippen molar-refractivity contribution in [2.45, 2.75) is 107 Å². The number of rotatable bonds is 18. The lowest BCUT2D eigenvalue weighted by Gasteiger charge is -2.35. The zero-order valence-corrected chi connectivity index (χ0v) is 22.4. The van der Waals surface area contributed by atoms with Crippen molar-refractivity contribution in [2.24, 2.45) is 0 Å². The molecule has 0 spiro atoms. The van der Waals surface area contributed by atoms with E-state index in [1.165, 1.54) is 0 Å². The highest BCUT2D eigenvalue weighted by atomic mass is 28.4. The third kappa shape index (κ3) is 9.28. The molecule has 0 N–H and O–H groups in total. The molecular weight excluding hydrogens is 515 g/mol. The summed E-state index contributed by atoms with van der Waals surface area (Å²) in [7, 11) is -0.404. The van der Waals surface area contributed by atoms with Crippen LogP contribution in [0.5, 0.6) is 0 Å². The molecule has 0 aromatic rings. The molecule has 206 valence electrons. The predicted octanol–water partition coefficient (Wildman–Crippen LogP) is 8.16. The van der Waals surface area contributed by atoms with Gasteiger partial charge in [0.15, 0.2) is 0 Å². The first-order valence-corrected chi connectivity index (χ1v) is 16.5. The maximum absolute atomic E-state index is 13.8. The van der Waals surface area contributed by atoms with Crippen LogP contribution in [0.25, 0.3) is 0 Å². The van der Waals surface area contributed by atoms with Gasteiger partial charge in [-0.15, -0.1) is 0 Å². The van der Waals surface area contributed by atoms with Crippen molar-refractivity contribution in [3.05, 3.63) is 0 Å². The molecule has 0 bridgehead atoms. The molecule has 0 unspecified atom stereocenters. The van der Waals surface area contributed by atoms with Gasteiger partial charge in [0.1, 0.15) is 0 Å². The van der Waals surface area contributed by atoms with Gasteiger partial charge in [0.2, 0.25) is 0 Å². The van der Waals surface area contributed by atoms with Gasteiger partial charge >= 0.3 is 32.7 Å². The molecule has 0 aromatic carbocycles. The Morgan fingerprint density at radius 2 is 0.912 bits per heavy atom. The van der Waals surface area contributed by atoms with Crippen molar-refractivity contribution >= 4 is 16.9 Å². The summed E-state index contributed by atoms with van der Waals surface area (Å²) in [6, 6.07) is 0.719. The van der Waals surface area contributed by atoms with Crippen molar-refractivity contribution in [1.82, 2.24) is 0 Å². The van der Waals surface area contributed by atoms with Crippen molar-refractivity contribution in [2.75, 3.05) is 21.3 Å². The predicted molar refractivity (Wildman–Crippen MR) is 117 cm³/mol. The Balaban J connectivity index is 4.35. The van der Waals surface area contributed by atoms with Crippen molar-refractivity contribution in [1.29, 1.82) is 0 Å². The van der Waals surface area contributed by atoms with E-state index in [1.807, 2.05) is 0 Å². The van der Waals surface area contributed by atoms with Gasteiger partial charge in [-0.3, -0.25) is 0 Å². The number of halogens is 9. The highest BCUT2D eigenvalue weighted by Gasteiger charge is 2.81. The Morgan fingerprint density at radius 1 is 0.529 bits per heavy atom. The summed E-state index contributed by atoms with van der Waals surface area (Å²) in [5.74, 6) is -18.8. The van der Waals surface area contributed by atoms with Gasteiger partial charge < -0.3 is 13.3 Å². The van der Waals surface area contributed by atoms with Crippen LogP contribution in [0.4, 0.5) is 39.5 Å². The van der Waals surface area contributed by atoms with Crippen LogP contribution in [0.2, 0.25) is 31.2 Å². The molecule has 0 fully saturated rings. The highest BCUT2D eigenvalue weighted by molar-refractivity contribution is 6.77. The minimum Gasteiger partial charge on any atom is -0.377 e. The van der Waals surface area contributed by atoms with E-state index in [-0.39, 0.29) is 0 Å². The smallest absolute Gasteiger partial charge is 0.377 e. The van der Waals surface area contributed by atoms with Crippen LogP contribution < -0.4 is 0 Å². The van der Waals surface area contributed by atoms with Crippen LogP contribution in [-0.2, 0) is 13.3 Å². The van der Waals surface area contributed by atoms with E-state index in [1.54, 1.807) is 34.4 Å². The summed E-state index contributed by atoms with van der Waals surface area (Å²) in [6.07, 6.45) is -2.38. The summed E-state index contributed by atoms with van der Waals surface area (Å²) in [4.78, 5) is 0. The Kier molecular flexibility index (Phi) is 13.2. The standard InChI is InChI=1S/C20H37F9O3Si2/c1-30-34(31-2,32-3)15-12-10-8-6-7-9-11-14-33(4,5)16-13-17(21,22)18(23,24)19(25,26)20(27,28)29/h6-16H2,1-5H3. The topological polar surface area (TPSA) is 27.7 Å². The van der Waals surface area contributed by atoms with Crippen LogP contribution in [0, 0.1) is 0 Å². The monoisotopic (exact) mass is 552 g/mol. The molecule has 34 heavy (non-hydrogen) atoms. The van der Waals surface area contributed by atoms with Gasteiger partial charge in [-0.2, -0.15) is 39.5 Å². The number of hydrogen-bond acceptors (Lipinski definition) is 3. The van der Waals surface area contributed by atoms with E-state index in [0.717, 1.165) is 38.5 Å². The Labute approximate surface area is 198 Å². The summed E-state index contributed by atoms with van der Waals surface area (Å²) < 4.78 is 133. The van der Waals surface area contributed by atoms with Gasteiger partial charge in [0.05, 0.1) is 0 Å². The van der Waals surface area contributed by atoms with E-state index in [2.05, 4.69) is 0 Å². The molecule has 0 aromatic heterocycles. The molecule has 0 rings (SSSR count). The van der Waals surface area contributed by atoms with Gasteiger partial charge in [-0.1, -0.05) is 63.7 Å². The SMILES string of the molecule is CO[Si](CCCCCCCCC[Si](C)(C)CCC(F)(F)C(F)(F)C(F)(F)C(F)(F)F)(OC)OC. The highest BCUT2D eigenvalue weighted by Crippen LogP contribution is 2.54. The third-order valence-corrected chi connectivity index (χ3v) is 12.2. The quantitative estimate of drug-likeness (QED) is 0.0975. The largest absolute Gasteiger partial charge is 0.500 e. The third-order valence-electron chi connectivity index (χ3n) is 6.10. The van der Waals surface area contributed by atoms with Gasteiger partial charge in [0.25, 0.3) is 0 Å². The Bertz CT molecular complexity index is 576. The molecule has 0 aliphatic heterocycles. The second kappa shape index (κ2) is 13.3. The van der Waals surface area contributed by atoms with Crippen LogP contribution >= 0.6 is 0 Å². The molecular formula is C20H37F9O3Si2. The summed E-state index contributed by atoms with van der Waals surface area (Å²) in [5.41, 5.74) is 0. The first-order chi connectivity index (χ1) is 15.3. The first kappa shape index (κ1) is 33.7. The second-order valence-electron chi connectivity index (χ2n) is 9.29. The average Bonchev–Trinajstić information content (AvgIpc) is 2.73. The molecule has 0 heterocycles. The molecule has 14 heteroatoms. The number of unbranched alkanes of at least 4 members (excludes halogenated alkanes) is 6. The lowest BCUT2D eigenvalue weighted by atomic mass is 10.0. The lowest BCUT2D eigenvalue weighted by Crippen LogP contribution is -2.61. The van der Waals surface area contributed by atoms with E-state index in [9.17, 15) is 39.5 Å². The summed E-state index contributed by atoms with van der Waals surface area (Å²) >= 11 is 0. The number of hydrogen-bond donors (Lipinski definition) is 0. The summed E-state index contributed by atoms with van der Waals surface area (Å²) in [6.45, 7) is 3.28. The summed E-state index contributed by atoms with van der Waals surface area (Å²) in [5, 5.41) is 0. The van der Waals surface area contributed by atoms with Crippen molar-refractivity contribution in [3.63, 3.8) is 0 Å². The maximum Gasteiger partial charge on any atom is 0.500 e. The van der Waals surface area contributed by atoms with Crippen molar-refractivity contribution < 1.29 is 52.8 Å². The minimum absolute atomic E-state index is 0.479. The van der Waals surface area contributed by atoms with Gasteiger partial charge in [0, 0.05) is 41.9 Å². The van der Waals surface area contributed by atoms with E-state index >= 15 is 0 Å². The molecule has 3 nitrogen and oxygen atoms in total. The molecule has 0 radical (unpaired) electrons. The van der Waals surface area contributed by atoms with Gasteiger partial charge in [-0.05, 0) is 6.42 Å². The molecule has 0 aliphatic rings. The maximum atomic E-state index is 13.8. The van der Waals surface area contributed by atoms with E-state index in [4.69, 9.17) is 13.3 Å². The minimum atomic E-state index is -6.81. The van der Waals surface area contributed by atoms with Crippen LogP contribution in [0.3, 0.4) is 0 Å². The molecule has 0 atom stereocenters. The molecule has 0 saturated heterocycles. The Hall–Kier alpha value is -0.316. The first-order valence-electron chi connectivity index (χ1n) is 11.2. The lowest BCUT2D eigenvalue weighted by molar-refractivity contribution is -0.396. The fraction of sp³-hybridized carbons (Fsp3) is 1.00. The van der Waals surface area contributed by atoms with Crippen molar-refractivity contribution in [3.8, 4) is 0 Å². The zero-order chi connectivity index (χ0) is 26.9. The van der Waals surface area contributed by atoms with Crippen LogP contribution in [-0.4, -0.2) is 62.2 Å².